The minimum Gasteiger partial charge on any atom is -0.487 e. The lowest BCUT2D eigenvalue weighted by atomic mass is 9.99. The number of ketones is 1. The number of fused-ring (bicyclic) bond motifs is 1. The molecule has 1 aromatic carbocycles. The largest absolute Gasteiger partial charge is 0.487 e. The minimum atomic E-state index is -0.810. The van der Waals surface area contributed by atoms with Crippen LogP contribution in [0.2, 0.25) is 0 Å². The third-order valence-electron chi connectivity index (χ3n) is 2.79. The molecule has 4 heteroatoms. The predicted molar refractivity (Wildman–Crippen MR) is 65.8 cm³/mol. The zero-order valence-electron chi connectivity index (χ0n) is 10.8. The molecule has 1 aromatic rings. The van der Waals surface area contributed by atoms with Gasteiger partial charge in [0.25, 0.3) is 5.78 Å². The highest BCUT2D eigenvalue weighted by molar-refractivity contribution is 6.40. The molecule has 0 radical (unpaired) electrons. The summed E-state index contributed by atoms with van der Waals surface area (Å²) in [6, 6.07) is 5.04. The fraction of sp³-hybridized carbons (Fsp3) is 0.429. The van der Waals surface area contributed by atoms with E-state index in [0.29, 0.717) is 5.56 Å². The molecule has 1 aliphatic heterocycles. The van der Waals surface area contributed by atoms with Gasteiger partial charge in [0.05, 0.1) is 6.61 Å². The summed E-state index contributed by atoms with van der Waals surface area (Å²) in [5, 5.41) is 0. The maximum atomic E-state index is 11.8. The molecule has 0 saturated carbocycles. The number of hydrogen-bond acceptors (Lipinski definition) is 4. The van der Waals surface area contributed by atoms with Gasteiger partial charge in [-0.2, -0.15) is 0 Å². The molecule has 0 N–H and O–H groups in total. The van der Waals surface area contributed by atoms with Crippen LogP contribution in [0, 0.1) is 0 Å². The van der Waals surface area contributed by atoms with Crippen LogP contribution in [0.5, 0.6) is 5.75 Å². The average molecular weight is 248 g/mol. The summed E-state index contributed by atoms with van der Waals surface area (Å²) < 4.78 is 10.4. The molecule has 0 unspecified atom stereocenters. The summed E-state index contributed by atoms with van der Waals surface area (Å²) >= 11 is 0. The molecule has 1 aliphatic rings. The van der Waals surface area contributed by atoms with E-state index in [1.807, 2.05) is 13.8 Å². The van der Waals surface area contributed by atoms with Gasteiger partial charge in [0.1, 0.15) is 11.4 Å². The molecule has 18 heavy (non-hydrogen) atoms. The summed E-state index contributed by atoms with van der Waals surface area (Å²) in [7, 11) is 0. The van der Waals surface area contributed by atoms with E-state index < -0.39 is 11.8 Å². The van der Waals surface area contributed by atoms with E-state index in [0.717, 1.165) is 17.7 Å². The van der Waals surface area contributed by atoms with Crippen molar-refractivity contribution in [1.82, 2.24) is 0 Å². The Bertz CT molecular complexity index is 503. The maximum Gasteiger partial charge on any atom is 0.379 e. The molecule has 0 amide bonds. The van der Waals surface area contributed by atoms with Crippen molar-refractivity contribution in [3.05, 3.63) is 29.3 Å². The molecule has 96 valence electrons. The fourth-order valence-corrected chi connectivity index (χ4v) is 2.07. The maximum absolute atomic E-state index is 11.8. The van der Waals surface area contributed by atoms with Gasteiger partial charge < -0.3 is 9.47 Å². The number of ether oxygens (including phenoxy) is 2. The highest BCUT2D eigenvalue weighted by atomic mass is 16.5. The molecule has 4 nitrogen and oxygen atoms in total. The molecule has 1 heterocycles. The summed E-state index contributed by atoms with van der Waals surface area (Å²) in [5.41, 5.74) is 1.05. The zero-order chi connectivity index (χ0) is 13.3. The van der Waals surface area contributed by atoms with Gasteiger partial charge in [-0.05, 0) is 44.5 Å². The third-order valence-corrected chi connectivity index (χ3v) is 2.79. The van der Waals surface area contributed by atoms with Crippen LogP contribution in [-0.2, 0) is 16.0 Å². The van der Waals surface area contributed by atoms with Crippen molar-refractivity contribution >= 4 is 11.8 Å². The minimum absolute atomic E-state index is 0.200. The second-order valence-electron chi connectivity index (χ2n) is 4.91. The van der Waals surface area contributed by atoms with E-state index in [9.17, 15) is 9.59 Å². The van der Waals surface area contributed by atoms with Crippen LogP contribution in [0.4, 0.5) is 0 Å². The molecule has 0 atom stereocenters. The molecule has 0 aromatic heterocycles. The Hall–Kier alpha value is -1.84. The smallest absolute Gasteiger partial charge is 0.379 e. The van der Waals surface area contributed by atoms with E-state index in [1.54, 1.807) is 25.1 Å². The normalized spacial score (nSPS) is 15.7. The standard InChI is InChI=1S/C14H16O4/c1-4-17-13(16)12(15)9-5-6-11-10(7-9)8-14(2,3)18-11/h5-7H,4,8H2,1-3H3. The molecule has 0 aliphatic carbocycles. The van der Waals surface area contributed by atoms with Gasteiger partial charge in [0.15, 0.2) is 0 Å². The molecule has 0 fully saturated rings. The Morgan fingerprint density at radius 1 is 1.39 bits per heavy atom. The number of benzene rings is 1. The van der Waals surface area contributed by atoms with E-state index in [2.05, 4.69) is 0 Å². The summed E-state index contributed by atoms with van der Waals surface area (Å²) in [6.45, 7) is 5.84. The molecule has 0 spiro atoms. The van der Waals surface area contributed by atoms with E-state index in [1.165, 1.54) is 0 Å². The van der Waals surface area contributed by atoms with Crippen molar-refractivity contribution in [2.45, 2.75) is 32.8 Å². The monoisotopic (exact) mass is 248 g/mol. The van der Waals surface area contributed by atoms with Gasteiger partial charge in [-0.25, -0.2) is 4.79 Å². The van der Waals surface area contributed by atoms with Crippen molar-refractivity contribution in [2.24, 2.45) is 0 Å². The van der Waals surface area contributed by atoms with Crippen LogP contribution >= 0.6 is 0 Å². The molecular weight excluding hydrogens is 232 g/mol. The van der Waals surface area contributed by atoms with Gasteiger partial charge in [0.2, 0.25) is 0 Å². The highest BCUT2D eigenvalue weighted by Gasteiger charge is 2.31. The number of carbonyl (C=O) groups is 2. The second-order valence-corrected chi connectivity index (χ2v) is 4.91. The first kappa shape index (κ1) is 12.6. The number of rotatable bonds is 3. The SMILES string of the molecule is CCOC(=O)C(=O)c1ccc2c(c1)CC(C)(C)O2. The zero-order valence-corrected chi connectivity index (χ0v) is 10.8. The first-order chi connectivity index (χ1) is 8.43. The van der Waals surface area contributed by atoms with E-state index in [-0.39, 0.29) is 12.2 Å². The lowest BCUT2D eigenvalue weighted by Gasteiger charge is -2.16. The predicted octanol–water partition coefficient (Wildman–Crippen LogP) is 2.15. The van der Waals surface area contributed by atoms with Crippen LogP contribution in [0.15, 0.2) is 18.2 Å². The van der Waals surface area contributed by atoms with Crippen LogP contribution in [-0.4, -0.2) is 24.0 Å². The van der Waals surface area contributed by atoms with Crippen molar-refractivity contribution in [2.75, 3.05) is 6.61 Å². The Morgan fingerprint density at radius 3 is 2.78 bits per heavy atom. The van der Waals surface area contributed by atoms with E-state index >= 15 is 0 Å². The number of Topliss-reactive ketones (excluding diaryl/α,β-unsaturated/α-hetero) is 1. The van der Waals surface area contributed by atoms with Crippen LogP contribution in [0.1, 0.15) is 36.7 Å². The average Bonchev–Trinajstić information content (AvgIpc) is 2.60. The highest BCUT2D eigenvalue weighted by Crippen LogP contribution is 2.35. The van der Waals surface area contributed by atoms with Gasteiger partial charge in [-0.3, -0.25) is 4.79 Å². The molecule has 0 saturated heterocycles. The molecule has 0 bridgehead atoms. The number of esters is 1. The van der Waals surface area contributed by atoms with Gasteiger partial charge >= 0.3 is 5.97 Å². The summed E-state index contributed by atoms with van der Waals surface area (Å²) in [6.07, 6.45) is 0.728. The molecular formula is C14H16O4. The number of carbonyl (C=O) groups excluding carboxylic acids is 2. The van der Waals surface area contributed by atoms with Crippen LogP contribution < -0.4 is 4.74 Å². The van der Waals surface area contributed by atoms with Crippen LogP contribution in [0.25, 0.3) is 0 Å². The lowest BCUT2D eigenvalue weighted by molar-refractivity contribution is -0.137. The summed E-state index contributed by atoms with van der Waals surface area (Å²) in [5.74, 6) is -0.639. The van der Waals surface area contributed by atoms with E-state index in [4.69, 9.17) is 9.47 Å². The summed E-state index contributed by atoms with van der Waals surface area (Å²) in [4.78, 5) is 23.1. The fourth-order valence-electron chi connectivity index (χ4n) is 2.07. The topological polar surface area (TPSA) is 52.6 Å². The Balaban J connectivity index is 2.24. The Morgan fingerprint density at radius 2 is 2.11 bits per heavy atom. The first-order valence-corrected chi connectivity index (χ1v) is 5.96. The van der Waals surface area contributed by atoms with Gasteiger partial charge in [0, 0.05) is 12.0 Å². The third kappa shape index (κ3) is 2.37. The van der Waals surface area contributed by atoms with Gasteiger partial charge in [-0.1, -0.05) is 0 Å². The van der Waals surface area contributed by atoms with Gasteiger partial charge in [-0.15, -0.1) is 0 Å². The Labute approximate surface area is 106 Å². The molecule has 2 rings (SSSR count). The van der Waals surface area contributed by atoms with Crippen molar-refractivity contribution < 1.29 is 19.1 Å². The van der Waals surface area contributed by atoms with Crippen molar-refractivity contribution in [3.63, 3.8) is 0 Å². The lowest BCUT2D eigenvalue weighted by Crippen LogP contribution is -2.24. The second kappa shape index (κ2) is 4.44. The first-order valence-electron chi connectivity index (χ1n) is 5.96. The van der Waals surface area contributed by atoms with Crippen LogP contribution in [0.3, 0.4) is 0 Å². The Kier molecular flexibility index (Phi) is 3.11. The van der Waals surface area contributed by atoms with Crippen molar-refractivity contribution in [1.29, 1.82) is 0 Å². The van der Waals surface area contributed by atoms with Crippen molar-refractivity contribution in [3.8, 4) is 5.75 Å². The number of hydrogen-bond donors (Lipinski definition) is 0. The quantitative estimate of drug-likeness (QED) is 0.467.